The summed E-state index contributed by atoms with van der Waals surface area (Å²) >= 11 is 15.9. The van der Waals surface area contributed by atoms with E-state index < -0.39 is 0 Å². The molecule has 11 aromatic rings. The van der Waals surface area contributed by atoms with Crippen molar-refractivity contribution in [2.24, 2.45) is 0 Å². The summed E-state index contributed by atoms with van der Waals surface area (Å²) in [6.07, 6.45) is 36.6. The van der Waals surface area contributed by atoms with Gasteiger partial charge in [-0.2, -0.15) is 0 Å². The second kappa shape index (κ2) is 32.7. The number of nitrogens with zero attached hydrogens (tertiary/aromatic N) is 1. The van der Waals surface area contributed by atoms with Gasteiger partial charge in [0.15, 0.2) is 0 Å². The van der Waals surface area contributed by atoms with Crippen molar-refractivity contribution in [3.05, 3.63) is 142 Å². The van der Waals surface area contributed by atoms with Crippen LogP contribution < -0.4 is 0 Å². The molecule has 0 bridgehead atoms. The number of hydrogen-bond donors (Lipinski definition) is 0. The number of benzene rings is 2. The van der Waals surface area contributed by atoms with Gasteiger partial charge in [-0.3, -0.25) is 0 Å². The maximum atomic E-state index is 2.58. The Labute approximate surface area is 554 Å². The molecule has 0 radical (unpaired) electrons. The van der Waals surface area contributed by atoms with Crippen LogP contribution in [0, 0.1) is 0 Å². The van der Waals surface area contributed by atoms with E-state index >= 15 is 0 Å². The van der Waals surface area contributed by atoms with Crippen LogP contribution in [0.1, 0.15) is 211 Å². The second-order valence-electron chi connectivity index (χ2n) is 24.4. The van der Waals surface area contributed by atoms with Crippen molar-refractivity contribution in [3.8, 4) is 79.4 Å². The molecule has 1 nitrogen and oxygen atoms in total. The van der Waals surface area contributed by atoms with E-state index in [0.717, 1.165) is 19.4 Å². The summed E-state index contributed by atoms with van der Waals surface area (Å²) in [4.78, 5) is 19.9. The zero-order chi connectivity index (χ0) is 59.7. The summed E-state index contributed by atoms with van der Waals surface area (Å²) in [7, 11) is 0. The number of aryl methyl sites for hydroxylation is 5. The van der Waals surface area contributed by atoms with E-state index in [0.29, 0.717) is 0 Å². The van der Waals surface area contributed by atoms with Gasteiger partial charge in [-0.05, 0) is 199 Å². The summed E-state index contributed by atoms with van der Waals surface area (Å²) in [6, 6.07) is 43.9. The normalized spacial score (nSPS) is 11.9. The molecule has 0 saturated carbocycles. The summed E-state index contributed by atoms with van der Waals surface area (Å²) in [5.41, 5.74) is 11.5. The van der Waals surface area contributed by atoms with Crippen molar-refractivity contribution >= 4 is 113 Å². The molecule has 0 fully saturated rings. The largest absolute Gasteiger partial charge is 0.341 e. The molecule has 0 aliphatic rings. The lowest BCUT2D eigenvalue weighted by atomic mass is 10.0. The Morgan fingerprint density at radius 2 is 0.575 bits per heavy atom. The lowest BCUT2D eigenvalue weighted by molar-refractivity contribution is 0.608. The first-order valence-corrected chi connectivity index (χ1v) is 40.5. The van der Waals surface area contributed by atoms with Gasteiger partial charge in [0.2, 0.25) is 0 Å². The van der Waals surface area contributed by atoms with Crippen molar-refractivity contribution in [3.63, 3.8) is 0 Å². The molecule has 9 heterocycles. The van der Waals surface area contributed by atoms with Crippen LogP contribution in [0.25, 0.3) is 101 Å². The Bertz CT molecular complexity index is 3610. The minimum Gasteiger partial charge on any atom is -0.341 e. The van der Waals surface area contributed by atoms with E-state index in [9.17, 15) is 0 Å². The van der Waals surface area contributed by atoms with Crippen molar-refractivity contribution in [2.45, 2.75) is 221 Å². The van der Waals surface area contributed by atoms with Gasteiger partial charge in [0.05, 0.1) is 0 Å². The summed E-state index contributed by atoms with van der Waals surface area (Å²) in [5, 5.41) is 7.36. The molecular weight excluding hydrogens is 1210 g/mol. The molecule has 9 heteroatoms. The monoisotopic (exact) mass is 1300 g/mol. The number of fused-ring (bicyclic) bond motifs is 3. The average molecular weight is 1300 g/mol. The van der Waals surface area contributed by atoms with E-state index in [1.807, 2.05) is 90.7 Å². The zero-order valence-electron chi connectivity index (χ0n) is 52.8. The van der Waals surface area contributed by atoms with E-state index in [1.165, 1.54) is 290 Å². The molecule has 0 atom stereocenters. The van der Waals surface area contributed by atoms with Gasteiger partial charge in [-0.15, -0.1) is 90.7 Å². The molecule has 0 N–H and O–H groups in total. The van der Waals surface area contributed by atoms with Gasteiger partial charge >= 0.3 is 0 Å². The molecular formula is C78H93NS8. The average Bonchev–Trinajstić information content (AvgIpc) is 1.73. The van der Waals surface area contributed by atoms with Gasteiger partial charge in [0.1, 0.15) is 0 Å². The first-order chi connectivity index (χ1) is 42.9. The molecule has 458 valence electrons. The quantitative estimate of drug-likeness (QED) is 0.0342. The first-order valence-electron chi connectivity index (χ1n) is 33.8. The Balaban J connectivity index is 0.866. The van der Waals surface area contributed by atoms with Crippen LogP contribution in [-0.2, 0) is 32.2 Å². The molecule has 0 amide bonds. The molecule has 0 unspecified atom stereocenters. The lowest BCUT2D eigenvalue weighted by Gasteiger charge is -2.04. The minimum absolute atomic E-state index is 0.941. The Morgan fingerprint density at radius 1 is 0.264 bits per heavy atom. The summed E-state index contributed by atoms with van der Waals surface area (Å²) in [5.74, 6) is 0. The van der Waals surface area contributed by atoms with Crippen LogP contribution in [0.2, 0.25) is 0 Å². The Hall–Kier alpha value is -4.16. The van der Waals surface area contributed by atoms with Gasteiger partial charge in [0, 0.05) is 96.6 Å². The van der Waals surface area contributed by atoms with Gasteiger partial charge < -0.3 is 4.57 Å². The highest BCUT2D eigenvalue weighted by molar-refractivity contribution is 7.30. The molecule has 87 heavy (non-hydrogen) atoms. The Kier molecular flexibility index (Phi) is 24.2. The molecule has 0 spiro atoms. The highest BCUT2D eigenvalue weighted by Crippen LogP contribution is 2.50. The Morgan fingerprint density at radius 3 is 0.920 bits per heavy atom. The third kappa shape index (κ3) is 16.1. The van der Waals surface area contributed by atoms with Crippen LogP contribution in [0.5, 0.6) is 0 Å². The third-order valence-corrected chi connectivity index (χ3v) is 27.7. The minimum atomic E-state index is 0.941. The fourth-order valence-electron chi connectivity index (χ4n) is 12.9. The summed E-state index contributed by atoms with van der Waals surface area (Å²) in [6.45, 7) is 12.5. The third-order valence-electron chi connectivity index (χ3n) is 17.9. The smallest absolute Gasteiger partial charge is 0.0491 e. The van der Waals surface area contributed by atoms with Gasteiger partial charge in [0.25, 0.3) is 0 Å². The molecule has 2 aromatic carbocycles. The van der Waals surface area contributed by atoms with Gasteiger partial charge in [-0.25, -0.2) is 0 Å². The van der Waals surface area contributed by atoms with Crippen LogP contribution in [0.15, 0.2) is 120 Å². The second-order valence-corrected chi connectivity index (χ2v) is 32.7. The van der Waals surface area contributed by atoms with Crippen LogP contribution in [-0.4, -0.2) is 4.57 Å². The number of thiophene rings is 8. The topological polar surface area (TPSA) is 4.93 Å². The van der Waals surface area contributed by atoms with E-state index in [-0.39, 0.29) is 0 Å². The summed E-state index contributed by atoms with van der Waals surface area (Å²) < 4.78 is 2.54. The first kappa shape index (κ1) is 64.4. The number of hydrogen-bond acceptors (Lipinski definition) is 8. The van der Waals surface area contributed by atoms with E-state index in [2.05, 4.69) is 159 Å². The SMILES string of the molecule is CCCCCCCCc1ccsc1-c1ccc(-c2ccc(-c3sc(-c4ccc5c(c4)c4cc(-c6cc(CCCCCCCC)c(-c7ccc(-c8ccc(-c9sccc9CCCCCCCC)s8)s7)s6)ccc4n5CC)cc3CCCCCCCC)s2)s1. The van der Waals surface area contributed by atoms with Crippen molar-refractivity contribution < 1.29 is 0 Å². The van der Waals surface area contributed by atoms with Crippen LogP contribution >= 0.6 is 90.7 Å². The number of aromatic nitrogens is 1. The van der Waals surface area contributed by atoms with Crippen LogP contribution in [0.3, 0.4) is 0 Å². The fourth-order valence-corrected chi connectivity index (χ4v) is 22.1. The predicted molar refractivity (Wildman–Crippen MR) is 400 cm³/mol. The molecule has 11 rings (SSSR count). The number of unbranched alkanes of at least 4 members (excludes halogenated alkanes) is 20. The molecule has 0 saturated heterocycles. The standard InChI is InChI=1S/C78H93NS8/c1-6-11-15-19-23-27-31-55-47-49-80-75(55)69-43-39-65(82-69)67-41-45-71(84-67)77-59(33-29-25-21-17-13-8-3)53-73(86-77)57-35-37-63-61(51-57)62-52-58(36-38-64(62)79(63)10-5)74-54-60(34-30-26-22-18-14-9-4)78(87-74)72-46-42-68(85-72)66-40-44-70(83-66)76-56(48-50-81-76)32-28-24-20-16-12-7-2/h35-54H,6-34H2,1-5H3. The highest BCUT2D eigenvalue weighted by Gasteiger charge is 2.22. The zero-order valence-corrected chi connectivity index (χ0v) is 59.3. The number of rotatable bonds is 37. The molecule has 0 aliphatic heterocycles. The molecule has 0 aliphatic carbocycles. The van der Waals surface area contributed by atoms with Crippen molar-refractivity contribution in [2.75, 3.05) is 0 Å². The van der Waals surface area contributed by atoms with Gasteiger partial charge in [-0.1, -0.05) is 168 Å². The molecule has 9 aromatic heterocycles. The van der Waals surface area contributed by atoms with Crippen molar-refractivity contribution in [1.29, 1.82) is 0 Å². The van der Waals surface area contributed by atoms with E-state index in [1.54, 1.807) is 0 Å². The predicted octanol–water partition coefficient (Wildman–Crippen LogP) is 29.3. The lowest BCUT2D eigenvalue weighted by Crippen LogP contribution is -1.92. The fraction of sp³-hybridized carbons (Fsp3) is 0.436. The van der Waals surface area contributed by atoms with Crippen LogP contribution in [0.4, 0.5) is 0 Å². The highest BCUT2D eigenvalue weighted by atomic mass is 32.1. The van der Waals surface area contributed by atoms with Crippen molar-refractivity contribution in [1.82, 2.24) is 4.57 Å². The maximum absolute atomic E-state index is 2.58. The maximum Gasteiger partial charge on any atom is 0.0491 e. The van der Waals surface area contributed by atoms with E-state index in [4.69, 9.17) is 0 Å².